The molecule has 139 valence electrons. The van der Waals surface area contributed by atoms with Crippen molar-refractivity contribution in [2.45, 2.75) is 65.0 Å². The maximum atomic E-state index is 12.6. The van der Waals surface area contributed by atoms with E-state index >= 15 is 0 Å². The van der Waals surface area contributed by atoms with E-state index in [0.29, 0.717) is 19.4 Å². The largest absolute Gasteiger partial charge is 0.546 e. The molecule has 1 radical (unpaired) electrons. The molecule has 1 heterocycles. The molecule has 5 heteroatoms. The first-order valence-electron chi connectivity index (χ1n) is 8.74. The molecule has 26 heavy (non-hydrogen) atoms. The average Bonchev–Trinajstić information content (AvgIpc) is 2.53. The maximum Gasteiger partial charge on any atom is 0.227 e. The third-order valence-corrected chi connectivity index (χ3v) is 4.79. The van der Waals surface area contributed by atoms with Crippen LogP contribution in [0.4, 0.5) is 5.69 Å². The second-order valence-corrected chi connectivity index (χ2v) is 7.21. The quantitative estimate of drug-likeness (QED) is 0.586. The normalized spacial score (nSPS) is 17.4. The third-order valence-electron chi connectivity index (χ3n) is 4.79. The van der Waals surface area contributed by atoms with Gasteiger partial charge >= 0.3 is 0 Å². The second kappa shape index (κ2) is 9.99. The van der Waals surface area contributed by atoms with E-state index in [4.69, 9.17) is 4.74 Å². The van der Waals surface area contributed by atoms with Crippen LogP contribution in [0.3, 0.4) is 0 Å². The Balaban J connectivity index is 0.00000338. The summed E-state index contributed by atoms with van der Waals surface area (Å²) < 4.78 is 4.71. The maximum absolute atomic E-state index is 12.6. The fraction of sp³-hybridized carbons (Fsp3) is 0.524. The van der Waals surface area contributed by atoms with Crippen LogP contribution in [-0.4, -0.2) is 23.7 Å². The predicted molar refractivity (Wildman–Crippen MR) is 100.0 cm³/mol. The van der Waals surface area contributed by atoms with Gasteiger partial charge in [-0.05, 0) is 69.4 Å². The molecule has 0 bridgehead atoms. The Morgan fingerprint density at radius 3 is 2.65 bits per heavy atom. The molecule has 1 fully saturated rings. The Hall–Kier alpha value is -0.726. The third kappa shape index (κ3) is 5.63. The number of carbonyl (C=O) groups excluding carboxylic acids is 1. The molecular weight excluding hydrogens is 403 g/mol. The smallest absolute Gasteiger partial charge is 0.227 e. The summed E-state index contributed by atoms with van der Waals surface area (Å²) in [6, 6.07) is 4.04. The molecular formula is C21H28NO3Y-. The molecule has 1 saturated heterocycles. The SMILES string of the molecule is [CH2-]OCC#CCC1CCCC(=O)N1c1cc(C)c(C)c(C(C)(C)O)c1.[Y]. The summed E-state index contributed by atoms with van der Waals surface area (Å²) in [6.45, 7) is 7.87. The Morgan fingerprint density at radius 2 is 2.04 bits per heavy atom. The summed E-state index contributed by atoms with van der Waals surface area (Å²) in [5.41, 5.74) is 2.89. The molecule has 1 aromatic carbocycles. The summed E-state index contributed by atoms with van der Waals surface area (Å²) >= 11 is 0. The van der Waals surface area contributed by atoms with E-state index < -0.39 is 5.60 Å². The minimum Gasteiger partial charge on any atom is -0.546 e. The number of amides is 1. The van der Waals surface area contributed by atoms with Gasteiger partial charge in [-0.25, -0.2) is 7.11 Å². The van der Waals surface area contributed by atoms with Gasteiger partial charge in [-0.2, -0.15) is 0 Å². The molecule has 2 rings (SSSR count). The molecule has 1 N–H and O–H groups in total. The van der Waals surface area contributed by atoms with Gasteiger partial charge in [0.15, 0.2) is 0 Å². The van der Waals surface area contributed by atoms with Crippen LogP contribution in [0.15, 0.2) is 12.1 Å². The van der Waals surface area contributed by atoms with Crippen LogP contribution in [0, 0.1) is 32.8 Å². The van der Waals surface area contributed by atoms with Gasteiger partial charge < -0.3 is 14.7 Å². The molecule has 1 aliphatic heterocycles. The van der Waals surface area contributed by atoms with Crippen molar-refractivity contribution in [1.29, 1.82) is 0 Å². The predicted octanol–water partition coefficient (Wildman–Crippen LogP) is 3.62. The fourth-order valence-corrected chi connectivity index (χ4v) is 3.40. The number of nitrogens with zero attached hydrogens (tertiary/aromatic N) is 1. The van der Waals surface area contributed by atoms with Crippen LogP contribution in [0.25, 0.3) is 0 Å². The zero-order valence-electron chi connectivity index (χ0n) is 16.3. The summed E-state index contributed by atoms with van der Waals surface area (Å²) in [7, 11) is 3.30. The van der Waals surface area contributed by atoms with Crippen molar-refractivity contribution in [3.05, 3.63) is 35.9 Å². The number of hydrogen-bond acceptors (Lipinski definition) is 3. The van der Waals surface area contributed by atoms with Gasteiger partial charge in [0.1, 0.15) is 0 Å². The molecule has 0 aromatic heterocycles. The summed E-state index contributed by atoms with van der Waals surface area (Å²) in [5.74, 6) is 6.12. The molecule has 1 unspecified atom stereocenters. The van der Waals surface area contributed by atoms with Gasteiger partial charge in [0.05, 0.1) is 12.2 Å². The average molecular weight is 431 g/mol. The van der Waals surface area contributed by atoms with Crippen molar-refractivity contribution in [3.8, 4) is 11.8 Å². The molecule has 1 aromatic rings. The minimum absolute atomic E-state index is 0. The summed E-state index contributed by atoms with van der Waals surface area (Å²) in [6.07, 6.45) is 2.98. The number of carbonyl (C=O) groups is 1. The van der Waals surface area contributed by atoms with Crippen molar-refractivity contribution < 1.29 is 47.3 Å². The van der Waals surface area contributed by atoms with Crippen molar-refractivity contribution >= 4 is 11.6 Å². The number of piperidine rings is 1. The number of ether oxygens (including phenoxy) is 1. The number of rotatable bonds is 4. The molecule has 0 aliphatic carbocycles. The van der Waals surface area contributed by atoms with Crippen LogP contribution in [0.1, 0.15) is 56.2 Å². The van der Waals surface area contributed by atoms with E-state index in [2.05, 4.69) is 19.0 Å². The second-order valence-electron chi connectivity index (χ2n) is 7.21. The number of hydrogen-bond donors (Lipinski definition) is 1. The topological polar surface area (TPSA) is 49.8 Å². The van der Waals surface area contributed by atoms with Crippen molar-refractivity contribution in [2.24, 2.45) is 0 Å². The standard InChI is InChI=1S/C21H28NO3.Y/c1-15-13-18(14-19(16(15)2)21(3,4)24)22-17(9-6-7-12-25-5)10-8-11-20(22)23;/h13-14,17,24H,5,8-12H2,1-4H3;/q-1;. The first-order chi connectivity index (χ1) is 11.8. The monoisotopic (exact) mass is 431 g/mol. The summed E-state index contributed by atoms with van der Waals surface area (Å²) in [4.78, 5) is 14.5. The van der Waals surface area contributed by atoms with Gasteiger partial charge in [-0.15, -0.1) is 0 Å². The van der Waals surface area contributed by atoms with Crippen molar-refractivity contribution in [2.75, 3.05) is 11.5 Å². The summed E-state index contributed by atoms with van der Waals surface area (Å²) in [5, 5.41) is 10.5. The van der Waals surface area contributed by atoms with E-state index in [9.17, 15) is 9.90 Å². The van der Waals surface area contributed by atoms with Crippen LogP contribution < -0.4 is 4.90 Å². The van der Waals surface area contributed by atoms with Gasteiger partial charge in [0, 0.05) is 57.3 Å². The molecule has 1 atom stereocenters. The number of aryl methyl sites for hydroxylation is 1. The van der Waals surface area contributed by atoms with Crippen molar-refractivity contribution in [1.82, 2.24) is 0 Å². The van der Waals surface area contributed by atoms with E-state index in [-0.39, 0.29) is 44.7 Å². The van der Waals surface area contributed by atoms with E-state index in [0.717, 1.165) is 35.2 Å². The van der Waals surface area contributed by atoms with Gasteiger partial charge in [0.25, 0.3) is 0 Å². The van der Waals surface area contributed by atoms with Crippen LogP contribution >= 0.6 is 0 Å². The first-order valence-corrected chi connectivity index (χ1v) is 8.74. The Bertz CT molecular complexity index is 698. The van der Waals surface area contributed by atoms with Gasteiger partial charge in [0.2, 0.25) is 5.91 Å². The van der Waals surface area contributed by atoms with Crippen LogP contribution in [0.5, 0.6) is 0 Å². The molecule has 0 saturated carbocycles. The van der Waals surface area contributed by atoms with Gasteiger partial charge in [-0.3, -0.25) is 4.79 Å². The van der Waals surface area contributed by atoms with E-state index in [1.165, 1.54) is 0 Å². The Morgan fingerprint density at radius 1 is 1.35 bits per heavy atom. The first kappa shape index (κ1) is 23.3. The minimum atomic E-state index is -0.954. The zero-order chi connectivity index (χ0) is 18.6. The van der Waals surface area contributed by atoms with Crippen LogP contribution in [-0.2, 0) is 47.8 Å². The molecule has 1 amide bonds. The zero-order valence-corrected chi connectivity index (χ0v) is 19.1. The Kier molecular flexibility index (Phi) is 8.96. The molecule has 4 nitrogen and oxygen atoms in total. The molecule has 1 aliphatic rings. The number of benzene rings is 1. The Labute approximate surface area is 182 Å². The van der Waals surface area contributed by atoms with Crippen LogP contribution in [0.2, 0.25) is 0 Å². The molecule has 0 spiro atoms. The van der Waals surface area contributed by atoms with Gasteiger partial charge in [-0.1, -0.05) is 11.8 Å². The van der Waals surface area contributed by atoms with Crippen molar-refractivity contribution in [3.63, 3.8) is 0 Å². The fourth-order valence-electron chi connectivity index (χ4n) is 3.40. The number of anilines is 1. The van der Waals surface area contributed by atoms with E-state index in [1.54, 1.807) is 13.8 Å². The number of aliphatic hydroxyl groups is 1. The van der Waals surface area contributed by atoms with E-state index in [1.807, 2.05) is 30.9 Å².